The molecule has 28 heavy (non-hydrogen) atoms. The maximum Gasteiger partial charge on any atom is 0.0183 e. The summed E-state index contributed by atoms with van der Waals surface area (Å²) in [5.41, 5.74) is 2.98. The molecule has 4 aliphatic carbocycles. The first-order valence-corrected chi connectivity index (χ1v) is 13.5. The lowest BCUT2D eigenvalue weighted by atomic mass is 9.47. The van der Waals surface area contributed by atoms with Crippen molar-refractivity contribution in [3.63, 3.8) is 0 Å². The van der Waals surface area contributed by atoms with Gasteiger partial charge in [0.1, 0.15) is 0 Å². The lowest BCUT2D eigenvalue weighted by Gasteiger charge is -2.58. The predicted octanol–water partition coefficient (Wildman–Crippen LogP) is 8.79. The van der Waals surface area contributed by atoms with Gasteiger partial charge in [0.25, 0.3) is 0 Å². The maximum atomic E-state index is 3.93. The van der Waals surface area contributed by atoms with Crippen LogP contribution in [0.4, 0.5) is 0 Å². The van der Waals surface area contributed by atoms with E-state index in [0.29, 0.717) is 10.8 Å². The number of hydrogen-bond acceptors (Lipinski definition) is 0. The van der Waals surface area contributed by atoms with E-state index in [2.05, 4.69) is 56.6 Å². The number of hydrogen-bond donors (Lipinski definition) is 0. The fraction of sp³-hybridized carbons (Fsp3) is 0.926. The van der Waals surface area contributed by atoms with Crippen LogP contribution in [-0.2, 0) is 0 Å². The third kappa shape index (κ3) is 3.58. The van der Waals surface area contributed by atoms with Crippen molar-refractivity contribution in [1.29, 1.82) is 0 Å². The number of allylic oxidation sites excluding steroid dienone is 2. The first-order chi connectivity index (χ1) is 13.3. The van der Waals surface area contributed by atoms with Gasteiger partial charge in [-0.15, -0.1) is 0 Å². The standard InChI is InChI=1S/C27H45Br/c1-18(2)7-6-8-19(3)23-11-12-24-22-10-9-20-17-21(28)13-15-26(20,4)25(22)14-16-27(23,24)5/h9,18-19,21-25H,6-8,10-17H2,1-5H3/t19?,21?,22-,23+,24-,25-,26-,27+/m1/s1. The van der Waals surface area contributed by atoms with E-state index in [-0.39, 0.29) is 0 Å². The molecule has 0 aliphatic heterocycles. The number of rotatable bonds is 5. The molecule has 0 amide bonds. The second-order valence-electron chi connectivity index (χ2n) is 12.1. The van der Waals surface area contributed by atoms with Crippen molar-refractivity contribution in [3.05, 3.63) is 11.6 Å². The van der Waals surface area contributed by atoms with Crippen molar-refractivity contribution in [2.24, 2.45) is 46.3 Å². The molecular weight excluding hydrogens is 404 g/mol. The van der Waals surface area contributed by atoms with Crippen molar-refractivity contribution in [3.8, 4) is 0 Å². The van der Waals surface area contributed by atoms with Gasteiger partial charge in [-0.3, -0.25) is 0 Å². The van der Waals surface area contributed by atoms with E-state index in [1.165, 1.54) is 70.6 Å². The average molecular weight is 450 g/mol. The topological polar surface area (TPSA) is 0 Å². The Hall–Kier alpha value is 0.220. The minimum absolute atomic E-state index is 0.523. The Morgan fingerprint density at radius 2 is 1.79 bits per heavy atom. The molecule has 0 bridgehead atoms. The van der Waals surface area contributed by atoms with E-state index in [1.54, 1.807) is 0 Å². The number of fused-ring (bicyclic) bond motifs is 5. The van der Waals surface area contributed by atoms with Gasteiger partial charge in [-0.05, 0) is 97.7 Å². The highest BCUT2D eigenvalue weighted by Gasteiger charge is 2.58. The summed E-state index contributed by atoms with van der Waals surface area (Å²) in [4.78, 5) is 0.736. The van der Waals surface area contributed by atoms with Crippen molar-refractivity contribution in [2.45, 2.75) is 110 Å². The van der Waals surface area contributed by atoms with Crippen LogP contribution >= 0.6 is 15.9 Å². The van der Waals surface area contributed by atoms with Crippen LogP contribution in [0, 0.1) is 46.3 Å². The third-order valence-electron chi connectivity index (χ3n) is 10.2. The zero-order valence-corrected chi connectivity index (χ0v) is 20.9. The largest absolute Gasteiger partial charge is 0.0887 e. The summed E-state index contributed by atoms with van der Waals surface area (Å²) in [7, 11) is 0. The molecule has 0 aromatic carbocycles. The summed E-state index contributed by atoms with van der Waals surface area (Å²) in [5, 5.41) is 0. The van der Waals surface area contributed by atoms with E-state index in [1.807, 2.05) is 5.57 Å². The molecule has 1 heteroatoms. The van der Waals surface area contributed by atoms with Crippen LogP contribution in [0.25, 0.3) is 0 Å². The third-order valence-corrected chi connectivity index (χ3v) is 11.0. The second kappa shape index (κ2) is 8.05. The molecule has 4 aliphatic rings. The highest BCUT2D eigenvalue weighted by Crippen LogP contribution is 2.67. The molecule has 0 spiro atoms. The van der Waals surface area contributed by atoms with Crippen molar-refractivity contribution < 1.29 is 0 Å². The van der Waals surface area contributed by atoms with Crippen molar-refractivity contribution >= 4 is 15.9 Å². The van der Waals surface area contributed by atoms with Crippen LogP contribution in [0.2, 0.25) is 0 Å². The molecular formula is C27H45Br. The molecule has 0 aromatic rings. The van der Waals surface area contributed by atoms with E-state index in [0.717, 1.165) is 40.3 Å². The van der Waals surface area contributed by atoms with E-state index in [4.69, 9.17) is 0 Å². The first-order valence-electron chi connectivity index (χ1n) is 12.6. The predicted molar refractivity (Wildman–Crippen MR) is 126 cm³/mol. The van der Waals surface area contributed by atoms with Gasteiger partial charge in [-0.1, -0.05) is 81.5 Å². The molecule has 0 nitrogen and oxygen atoms in total. The monoisotopic (exact) mass is 448 g/mol. The zero-order valence-electron chi connectivity index (χ0n) is 19.3. The second-order valence-corrected chi connectivity index (χ2v) is 13.4. The summed E-state index contributed by atoms with van der Waals surface area (Å²) < 4.78 is 0. The molecule has 160 valence electrons. The SMILES string of the molecule is CC(C)CCCC(C)[C@@H]1CC[C@@H]2[C@H]3CC=C4CC(Br)CC[C@@]4(C)[C@@H]3CC[C@]21C. The van der Waals surface area contributed by atoms with Gasteiger partial charge >= 0.3 is 0 Å². The Kier molecular flexibility index (Phi) is 6.17. The van der Waals surface area contributed by atoms with Gasteiger partial charge in [0.2, 0.25) is 0 Å². The Morgan fingerprint density at radius 1 is 1.00 bits per heavy atom. The molecule has 0 heterocycles. The normalized spacial score (nSPS) is 46.5. The lowest BCUT2D eigenvalue weighted by Crippen LogP contribution is -2.50. The van der Waals surface area contributed by atoms with Gasteiger partial charge in [0, 0.05) is 4.83 Å². The first kappa shape index (κ1) is 21.5. The molecule has 4 rings (SSSR count). The summed E-state index contributed by atoms with van der Waals surface area (Å²) in [6.07, 6.45) is 18.6. The van der Waals surface area contributed by atoms with Crippen LogP contribution in [0.3, 0.4) is 0 Å². The number of halogens is 1. The Morgan fingerprint density at radius 3 is 2.54 bits per heavy atom. The van der Waals surface area contributed by atoms with E-state index in [9.17, 15) is 0 Å². The quantitative estimate of drug-likeness (QED) is 0.291. The van der Waals surface area contributed by atoms with Crippen LogP contribution in [0.15, 0.2) is 11.6 Å². The van der Waals surface area contributed by atoms with Crippen molar-refractivity contribution in [1.82, 2.24) is 0 Å². The van der Waals surface area contributed by atoms with Crippen LogP contribution in [0.5, 0.6) is 0 Å². The van der Waals surface area contributed by atoms with E-state index >= 15 is 0 Å². The van der Waals surface area contributed by atoms with Gasteiger partial charge in [-0.25, -0.2) is 0 Å². The van der Waals surface area contributed by atoms with E-state index < -0.39 is 0 Å². The highest BCUT2D eigenvalue weighted by atomic mass is 79.9. The fourth-order valence-corrected chi connectivity index (χ4v) is 9.22. The van der Waals surface area contributed by atoms with Gasteiger partial charge in [-0.2, -0.15) is 0 Å². The highest BCUT2D eigenvalue weighted by molar-refractivity contribution is 9.09. The number of alkyl halides is 1. The molecule has 8 atom stereocenters. The molecule has 3 fully saturated rings. The lowest BCUT2D eigenvalue weighted by molar-refractivity contribution is -0.0496. The Balaban J connectivity index is 1.49. The van der Waals surface area contributed by atoms with Gasteiger partial charge < -0.3 is 0 Å². The average Bonchev–Trinajstić information content (AvgIpc) is 2.99. The fourth-order valence-electron chi connectivity index (χ4n) is 8.64. The summed E-state index contributed by atoms with van der Waals surface area (Å²) in [6, 6.07) is 0. The molecule has 3 saturated carbocycles. The summed E-state index contributed by atoms with van der Waals surface area (Å²) in [5.74, 6) is 5.74. The minimum atomic E-state index is 0.523. The molecule has 0 radical (unpaired) electrons. The van der Waals surface area contributed by atoms with Gasteiger partial charge in [0.05, 0.1) is 0 Å². The summed E-state index contributed by atoms with van der Waals surface area (Å²) >= 11 is 3.93. The minimum Gasteiger partial charge on any atom is -0.0887 e. The molecule has 2 unspecified atom stereocenters. The zero-order chi connectivity index (χ0) is 20.1. The Bertz CT molecular complexity index is 591. The molecule has 0 N–H and O–H groups in total. The molecule has 0 aromatic heterocycles. The van der Waals surface area contributed by atoms with Crippen LogP contribution < -0.4 is 0 Å². The molecule has 0 saturated heterocycles. The van der Waals surface area contributed by atoms with Gasteiger partial charge in [0.15, 0.2) is 0 Å². The van der Waals surface area contributed by atoms with Crippen molar-refractivity contribution in [2.75, 3.05) is 0 Å². The maximum absolute atomic E-state index is 3.93. The Labute approximate surface area is 183 Å². The van der Waals surface area contributed by atoms with Crippen LogP contribution in [0.1, 0.15) is 105 Å². The summed E-state index contributed by atoms with van der Waals surface area (Å²) in [6.45, 7) is 12.7. The van der Waals surface area contributed by atoms with Crippen LogP contribution in [-0.4, -0.2) is 4.83 Å². The smallest absolute Gasteiger partial charge is 0.0183 e.